The third-order valence-corrected chi connectivity index (χ3v) is 0.860. The molecule has 1 rings (SSSR count). The van der Waals surface area contributed by atoms with Crippen LogP contribution in [0.2, 0.25) is 0 Å². The number of aryl methyl sites for hydroxylation is 1. The summed E-state index contributed by atoms with van der Waals surface area (Å²) in [4.78, 5) is 3.55. The van der Waals surface area contributed by atoms with Gasteiger partial charge in [-0.05, 0) is 6.92 Å². The van der Waals surface area contributed by atoms with Gasteiger partial charge in [-0.1, -0.05) is 0 Å². The number of oxazole rings is 1. The number of hydrogen-bond donors (Lipinski definition) is 2. The molecular formula is C4H6BNO3. The molecule has 48 valence electrons. The molecule has 1 heterocycles. The summed E-state index contributed by atoms with van der Waals surface area (Å²) in [5.74, 6) is 0.505. The van der Waals surface area contributed by atoms with Gasteiger partial charge in [0.15, 0.2) is 0 Å². The van der Waals surface area contributed by atoms with Crippen LogP contribution in [0.15, 0.2) is 10.6 Å². The van der Waals surface area contributed by atoms with Crippen LogP contribution in [0.25, 0.3) is 0 Å². The van der Waals surface area contributed by atoms with E-state index < -0.39 is 7.12 Å². The Bertz CT molecular complexity index is 197. The van der Waals surface area contributed by atoms with Crippen LogP contribution in [0, 0.1) is 6.92 Å². The minimum Gasteiger partial charge on any atom is -0.449 e. The Hall–Kier alpha value is -0.805. The van der Waals surface area contributed by atoms with Gasteiger partial charge < -0.3 is 14.5 Å². The highest BCUT2D eigenvalue weighted by atomic mass is 16.4. The normalized spacial score (nSPS) is 9.67. The first-order valence-corrected chi connectivity index (χ1v) is 2.48. The van der Waals surface area contributed by atoms with E-state index in [1.807, 2.05) is 0 Å². The lowest BCUT2D eigenvalue weighted by atomic mass is 9.93. The smallest absolute Gasteiger partial charge is 0.449 e. The lowest BCUT2D eigenvalue weighted by Gasteiger charge is -1.86. The molecule has 0 aliphatic heterocycles. The summed E-state index contributed by atoms with van der Waals surface area (Å²) >= 11 is 0. The van der Waals surface area contributed by atoms with Crippen molar-refractivity contribution in [2.75, 3.05) is 0 Å². The fourth-order valence-electron chi connectivity index (χ4n) is 0.492. The molecule has 1 aromatic rings. The maximum atomic E-state index is 8.44. The summed E-state index contributed by atoms with van der Waals surface area (Å²) in [5, 5.41) is 16.9. The first kappa shape index (κ1) is 6.32. The molecule has 0 bridgehead atoms. The van der Waals surface area contributed by atoms with E-state index in [2.05, 4.69) is 4.98 Å². The Morgan fingerprint density at radius 3 is 2.56 bits per heavy atom. The van der Waals surface area contributed by atoms with Crippen molar-refractivity contribution in [2.45, 2.75) is 6.92 Å². The molecule has 0 aromatic carbocycles. The Labute approximate surface area is 52.3 Å². The largest absolute Gasteiger partial charge is 0.548 e. The lowest BCUT2D eigenvalue weighted by Crippen LogP contribution is -2.30. The molecule has 4 nitrogen and oxygen atoms in total. The number of rotatable bonds is 1. The van der Waals surface area contributed by atoms with Gasteiger partial charge in [0.2, 0.25) is 5.79 Å². The van der Waals surface area contributed by atoms with Crippen LogP contribution >= 0.6 is 0 Å². The SMILES string of the molecule is Cc1cnc(B(O)O)o1. The van der Waals surface area contributed by atoms with Crippen molar-refractivity contribution in [2.24, 2.45) is 0 Å². The van der Waals surface area contributed by atoms with Gasteiger partial charge in [-0.15, -0.1) is 0 Å². The number of nitrogens with zero attached hydrogens (tertiary/aromatic N) is 1. The van der Waals surface area contributed by atoms with Gasteiger partial charge in [-0.25, -0.2) is 4.98 Å². The number of hydrogen-bond acceptors (Lipinski definition) is 4. The standard InChI is InChI=1S/C4H6BNO3/c1-3-2-6-4(9-3)5(7)8/h2,7-8H,1H3. The highest BCUT2D eigenvalue weighted by molar-refractivity contribution is 6.55. The van der Waals surface area contributed by atoms with E-state index in [4.69, 9.17) is 14.5 Å². The van der Waals surface area contributed by atoms with E-state index in [-0.39, 0.29) is 5.79 Å². The minimum absolute atomic E-state index is 0.0625. The molecule has 5 heteroatoms. The predicted molar refractivity (Wildman–Crippen MR) is 31.1 cm³/mol. The Balaban J connectivity index is 2.85. The Kier molecular flexibility index (Phi) is 1.55. The molecular weight excluding hydrogens is 121 g/mol. The maximum absolute atomic E-state index is 8.44. The van der Waals surface area contributed by atoms with Crippen LogP contribution in [0.5, 0.6) is 0 Å². The van der Waals surface area contributed by atoms with Crippen LogP contribution in [0.4, 0.5) is 0 Å². The quantitative estimate of drug-likeness (QED) is 0.458. The molecule has 9 heavy (non-hydrogen) atoms. The summed E-state index contributed by atoms with van der Waals surface area (Å²) < 4.78 is 4.73. The molecule has 2 N–H and O–H groups in total. The van der Waals surface area contributed by atoms with Crippen molar-refractivity contribution in [3.8, 4) is 0 Å². The van der Waals surface area contributed by atoms with Crippen LogP contribution < -0.4 is 5.79 Å². The zero-order valence-electron chi connectivity index (χ0n) is 4.90. The van der Waals surface area contributed by atoms with Gasteiger partial charge >= 0.3 is 7.12 Å². The van der Waals surface area contributed by atoms with Crippen LogP contribution in [0.3, 0.4) is 0 Å². The van der Waals surface area contributed by atoms with Crippen LogP contribution in [-0.4, -0.2) is 22.2 Å². The Morgan fingerprint density at radius 2 is 2.33 bits per heavy atom. The third-order valence-electron chi connectivity index (χ3n) is 0.860. The van der Waals surface area contributed by atoms with E-state index in [0.717, 1.165) is 0 Å². The van der Waals surface area contributed by atoms with Crippen molar-refractivity contribution in [1.82, 2.24) is 4.98 Å². The first-order valence-electron chi connectivity index (χ1n) is 2.48. The molecule has 0 aliphatic carbocycles. The second kappa shape index (κ2) is 2.20. The van der Waals surface area contributed by atoms with E-state index >= 15 is 0 Å². The Morgan fingerprint density at radius 1 is 1.67 bits per heavy atom. The van der Waals surface area contributed by atoms with E-state index in [1.54, 1.807) is 6.92 Å². The molecule has 0 aliphatic rings. The fraction of sp³-hybridized carbons (Fsp3) is 0.250. The molecule has 0 fully saturated rings. The summed E-state index contributed by atoms with van der Waals surface area (Å²) in [7, 11) is -1.60. The molecule has 0 radical (unpaired) electrons. The van der Waals surface area contributed by atoms with Gasteiger partial charge in [-0.2, -0.15) is 0 Å². The fourth-order valence-corrected chi connectivity index (χ4v) is 0.492. The predicted octanol–water partition coefficient (Wildman–Crippen LogP) is -1.34. The van der Waals surface area contributed by atoms with Gasteiger partial charge in [0.05, 0.1) is 6.20 Å². The topological polar surface area (TPSA) is 66.5 Å². The van der Waals surface area contributed by atoms with E-state index in [9.17, 15) is 0 Å². The molecule has 0 amide bonds. The van der Waals surface area contributed by atoms with Gasteiger partial charge in [0.1, 0.15) is 5.76 Å². The van der Waals surface area contributed by atoms with Gasteiger partial charge in [0.25, 0.3) is 0 Å². The molecule has 1 aromatic heterocycles. The summed E-state index contributed by atoms with van der Waals surface area (Å²) in [5.41, 5.74) is 0. The zero-order chi connectivity index (χ0) is 6.85. The van der Waals surface area contributed by atoms with Crippen molar-refractivity contribution >= 4 is 12.9 Å². The monoisotopic (exact) mass is 127 g/mol. The summed E-state index contributed by atoms with van der Waals surface area (Å²) in [6, 6.07) is 0. The molecule has 0 atom stereocenters. The lowest BCUT2D eigenvalue weighted by molar-refractivity contribution is 0.404. The maximum Gasteiger partial charge on any atom is 0.548 e. The highest BCUT2D eigenvalue weighted by Gasteiger charge is 2.16. The van der Waals surface area contributed by atoms with Crippen LogP contribution in [0.1, 0.15) is 5.76 Å². The first-order chi connectivity index (χ1) is 4.20. The van der Waals surface area contributed by atoms with Gasteiger partial charge in [0, 0.05) is 0 Å². The molecule has 0 saturated carbocycles. The van der Waals surface area contributed by atoms with Crippen molar-refractivity contribution < 1.29 is 14.5 Å². The molecule has 0 spiro atoms. The molecule has 0 unspecified atom stereocenters. The van der Waals surface area contributed by atoms with Crippen molar-refractivity contribution in [3.05, 3.63) is 12.0 Å². The number of aromatic nitrogens is 1. The average molecular weight is 127 g/mol. The van der Waals surface area contributed by atoms with Crippen LogP contribution in [-0.2, 0) is 0 Å². The van der Waals surface area contributed by atoms with Crippen molar-refractivity contribution in [3.63, 3.8) is 0 Å². The second-order valence-corrected chi connectivity index (χ2v) is 1.68. The van der Waals surface area contributed by atoms with Crippen molar-refractivity contribution in [1.29, 1.82) is 0 Å². The summed E-state index contributed by atoms with van der Waals surface area (Å²) in [6.07, 6.45) is 1.43. The van der Waals surface area contributed by atoms with Gasteiger partial charge in [-0.3, -0.25) is 0 Å². The highest BCUT2D eigenvalue weighted by Crippen LogP contribution is 1.89. The van der Waals surface area contributed by atoms with E-state index in [0.29, 0.717) is 5.76 Å². The minimum atomic E-state index is -1.60. The van der Waals surface area contributed by atoms with E-state index in [1.165, 1.54) is 6.20 Å². The molecule has 0 saturated heterocycles. The third kappa shape index (κ3) is 1.31. The zero-order valence-corrected chi connectivity index (χ0v) is 4.90. The second-order valence-electron chi connectivity index (χ2n) is 1.68. The summed E-state index contributed by atoms with van der Waals surface area (Å²) in [6.45, 7) is 1.68. The average Bonchev–Trinajstić information content (AvgIpc) is 2.14.